The average Bonchev–Trinajstić information content (AvgIpc) is 2.45. The van der Waals surface area contributed by atoms with E-state index < -0.39 is 12.6 Å². The van der Waals surface area contributed by atoms with E-state index in [2.05, 4.69) is 17.1 Å². The lowest BCUT2D eigenvalue weighted by Crippen LogP contribution is -2.59. The Balaban J connectivity index is 1.88. The largest absolute Gasteiger partial charge is 0.390 e. The van der Waals surface area contributed by atoms with Crippen LogP contribution in [0.4, 0.5) is 13.2 Å². The maximum absolute atomic E-state index is 12.5. The monoisotopic (exact) mass is 292 g/mol. The Morgan fingerprint density at radius 1 is 1.15 bits per heavy atom. The molecule has 1 aliphatic carbocycles. The Hall–Kier alpha value is -0.290. The molecule has 0 bridgehead atoms. The fraction of sp³-hybridized carbons (Fsp3) is 1.00. The maximum atomic E-state index is 12.5. The summed E-state index contributed by atoms with van der Waals surface area (Å²) in [6.07, 6.45) is 2.56. The van der Waals surface area contributed by atoms with Gasteiger partial charge in [0.05, 0.1) is 6.42 Å². The molecule has 1 N–H and O–H groups in total. The highest BCUT2D eigenvalue weighted by Crippen LogP contribution is 2.29. The topological polar surface area (TPSA) is 15.3 Å². The predicted octanol–water partition coefficient (Wildman–Crippen LogP) is 3.57. The van der Waals surface area contributed by atoms with Crippen LogP contribution in [0, 0.1) is 5.92 Å². The van der Waals surface area contributed by atoms with Crippen molar-refractivity contribution in [2.75, 3.05) is 19.6 Å². The number of halogens is 3. The molecule has 2 fully saturated rings. The summed E-state index contributed by atoms with van der Waals surface area (Å²) in [5.41, 5.74) is 0. The van der Waals surface area contributed by atoms with Gasteiger partial charge in [0.15, 0.2) is 0 Å². The van der Waals surface area contributed by atoms with Gasteiger partial charge in [-0.1, -0.05) is 26.2 Å². The van der Waals surface area contributed by atoms with Gasteiger partial charge in [0, 0.05) is 31.7 Å². The van der Waals surface area contributed by atoms with Crippen molar-refractivity contribution in [3.05, 3.63) is 0 Å². The number of piperazine rings is 1. The zero-order chi connectivity index (χ0) is 14.6. The van der Waals surface area contributed by atoms with Crippen LogP contribution in [0.15, 0.2) is 0 Å². The second-order valence-corrected chi connectivity index (χ2v) is 6.34. The van der Waals surface area contributed by atoms with E-state index in [1.807, 2.05) is 0 Å². The van der Waals surface area contributed by atoms with Gasteiger partial charge in [-0.15, -0.1) is 0 Å². The molecule has 0 spiro atoms. The lowest BCUT2D eigenvalue weighted by Gasteiger charge is -2.44. The maximum Gasteiger partial charge on any atom is 0.390 e. The highest BCUT2D eigenvalue weighted by Gasteiger charge is 2.34. The van der Waals surface area contributed by atoms with Crippen LogP contribution in [-0.2, 0) is 0 Å². The van der Waals surface area contributed by atoms with Crippen molar-refractivity contribution in [1.82, 2.24) is 10.2 Å². The van der Waals surface area contributed by atoms with Gasteiger partial charge in [0.2, 0.25) is 0 Å². The first kappa shape index (κ1) is 16.1. The first-order valence-corrected chi connectivity index (χ1v) is 8.04. The molecule has 1 aliphatic heterocycles. The van der Waals surface area contributed by atoms with Gasteiger partial charge in [0.1, 0.15) is 0 Å². The van der Waals surface area contributed by atoms with Gasteiger partial charge in [-0.3, -0.25) is 4.90 Å². The summed E-state index contributed by atoms with van der Waals surface area (Å²) in [5, 5.41) is 3.59. The third kappa shape index (κ3) is 4.62. The summed E-state index contributed by atoms with van der Waals surface area (Å²) in [5.74, 6) is 0.662. The minimum absolute atomic E-state index is 0.160. The Labute approximate surface area is 120 Å². The first-order valence-electron chi connectivity index (χ1n) is 8.04. The van der Waals surface area contributed by atoms with E-state index in [9.17, 15) is 13.2 Å². The van der Waals surface area contributed by atoms with Crippen LogP contribution in [0.5, 0.6) is 0 Å². The molecule has 20 heavy (non-hydrogen) atoms. The number of nitrogens with zero attached hydrogens (tertiary/aromatic N) is 1. The molecule has 2 unspecified atom stereocenters. The molecule has 5 heteroatoms. The van der Waals surface area contributed by atoms with Crippen LogP contribution < -0.4 is 5.32 Å². The minimum Gasteiger partial charge on any atom is -0.311 e. The highest BCUT2D eigenvalue weighted by atomic mass is 19.4. The zero-order valence-corrected chi connectivity index (χ0v) is 12.4. The summed E-state index contributed by atoms with van der Waals surface area (Å²) in [7, 11) is 0. The van der Waals surface area contributed by atoms with E-state index in [4.69, 9.17) is 0 Å². The van der Waals surface area contributed by atoms with Crippen LogP contribution in [0.2, 0.25) is 0 Å². The summed E-state index contributed by atoms with van der Waals surface area (Å²) >= 11 is 0. The van der Waals surface area contributed by atoms with E-state index in [1.54, 1.807) is 0 Å². The van der Waals surface area contributed by atoms with Crippen molar-refractivity contribution in [1.29, 1.82) is 0 Å². The summed E-state index contributed by atoms with van der Waals surface area (Å²) in [6, 6.07) is 0.656. The number of hydrogen-bond donors (Lipinski definition) is 1. The first-order chi connectivity index (χ1) is 9.49. The van der Waals surface area contributed by atoms with Crippen LogP contribution in [0.25, 0.3) is 0 Å². The fourth-order valence-electron chi connectivity index (χ4n) is 3.68. The van der Waals surface area contributed by atoms with Gasteiger partial charge in [-0.25, -0.2) is 0 Å². The van der Waals surface area contributed by atoms with Crippen molar-refractivity contribution >= 4 is 0 Å². The van der Waals surface area contributed by atoms with Crippen LogP contribution in [-0.4, -0.2) is 42.8 Å². The fourth-order valence-corrected chi connectivity index (χ4v) is 3.68. The van der Waals surface area contributed by atoms with Crippen molar-refractivity contribution < 1.29 is 13.2 Å². The second kappa shape index (κ2) is 7.12. The molecule has 0 amide bonds. The molecule has 2 rings (SSSR count). The van der Waals surface area contributed by atoms with E-state index in [0.717, 1.165) is 19.5 Å². The molecule has 2 atom stereocenters. The molecule has 1 saturated carbocycles. The second-order valence-electron chi connectivity index (χ2n) is 6.34. The van der Waals surface area contributed by atoms with Gasteiger partial charge >= 0.3 is 6.18 Å². The van der Waals surface area contributed by atoms with E-state index in [-0.39, 0.29) is 12.6 Å². The zero-order valence-electron chi connectivity index (χ0n) is 12.4. The lowest BCUT2D eigenvalue weighted by atomic mass is 9.82. The van der Waals surface area contributed by atoms with E-state index in [1.165, 1.54) is 32.1 Å². The number of rotatable bonds is 4. The Bertz CT molecular complexity index is 287. The van der Waals surface area contributed by atoms with Crippen molar-refractivity contribution in [3.63, 3.8) is 0 Å². The highest BCUT2D eigenvalue weighted by molar-refractivity contribution is 4.90. The standard InChI is InChI=1S/C15H27F3N2/c1-2-13-10-19-14(12-6-4-3-5-7-12)11-20(13)9-8-15(16,17)18/h12-14,19H,2-11H2,1H3. The molecule has 0 aromatic carbocycles. The average molecular weight is 292 g/mol. The smallest absolute Gasteiger partial charge is 0.311 e. The van der Waals surface area contributed by atoms with Crippen LogP contribution in [0.3, 0.4) is 0 Å². The molecule has 2 aliphatic rings. The third-order valence-corrected chi connectivity index (χ3v) is 4.94. The Kier molecular flexibility index (Phi) is 5.73. The molecule has 0 aromatic rings. The van der Waals surface area contributed by atoms with Gasteiger partial charge in [0.25, 0.3) is 0 Å². The van der Waals surface area contributed by atoms with E-state index >= 15 is 0 Å². The molecule has 2 nitrogen and oxygen atoms in total. The Morgan fingerprint density at radius 3 is 2.45 bits per heavy atom. The van der Waals surface area contributed by atoms with Gasteiger partial charge in [-0.05, 0) is 25.2 Å². The number of alkyl halides is 3. The van der Waals surface area contributed by atoms with E-state index in [0.29, 0.717) is 12.0 Å². The van der Waals surface area contributed by atoms with Crippen molar-refractivity contribution in [2.45, 2.75) is 70.1 Å². The van der Waals surface area contributed by atoms with Gasteiger partial charge < -0.3 is 5.32 Å². The minimum atomic E-state index is -4.04. The lowest BCUT2D eigenvalue weighted by molar-refractivity contribution is -0.140. The van der Waals surface area contributed by atoms with Gasteiger partial charge in [-0.2, -0.15) is 13.2 Å². The summed E-state index contributed by atoms with van der Waals surface area (Å²) < 4.78 is 37.4. The molecular formula is C15H27F3N2. The molecule has 118 valence electrons. The van der Waals surface area contributed by atoms with Crippen LogP contribution >= 0.6 is 0 Å². The summed E-state index contributed by atoms with van der Waals surface area (Å²) in [6.45, 7) is 3.86. The SMILES string of the molecule is CCC1CNC(C2CCCCC2)CN1CCC(F)(F)F. The molecule has 0 radical (unpaired) electrons. The summed E-state index contributed by atoms with van der Waals surface area (Å²) in [4.78, 5) is 2.07. The molecular weight excluding hydrogens is 265 g/mol. The normalized spacial score (nSPS) is 30.6. The van der Waals surface area contributed by atoms with Crippen molar-refractivity contribution in [3.8, 4) is 0 Å². The van der Waals surface area contributed by atoms with Crippen LogP contribution in [0.1, 0.15) is 51.9 Å². The quantitative estimate of drug-likeness (QED) is 0.852. The third-order valence-electron chi connectivity index (χ3n) is 4.94. The number of nitrogens with one attached hydrogen (secondary N) is 1. The molecule has 1 heterocycles. The Morgan fingerprint density at radius 2 is 1.85 bits per heavy atom. The predicted molar refractivity (Wildman–Crippen MR) is 74.7 cm³/mol. The molecule has 1 saturated heterocycles. The molecule has 0 aromatic heterocycles. The number of hydrogen-bond acceptors (Lipinski definition) is 2. The van der Waals surface area contributed by atoms with Crippen molar-refractivity contribution in [2.24, 2.45) is 5.92 Å².